The molecule has 0 saturated heterocycles. The highest BCUT2D eigenvalue weighted by molar-refractivity contribution is 5.39. The summed E-state index contributed by atoms with van der Waals surface area (Å²) in [6.07, 6.45) is 6.30. The van der Waals surface area contributed by atoms with E-state index in [0.717, 1.165) is 25.3 Å². The minimum absolute atomic E-state index is 0.565. The number of rotatable bonds is 6. The van der Waals surface area contributed by atoms with E-state index in [4.69, 9.17) is 4.74 Å². The molecule has 1 unspecified atom stereocenters. The lowest BCUT2D eigenvalue weighted by atomic mass is 9.92. The Hall–Kier alpha value is -1.02. The molecule has 1 atom stereocenters. The van der Waals surface area contributed by atoms with Crippen molar-refractivity contribution in [3.8, 4) is 5.75 Å². The summed E-state index contributed by atoms with van der Waals surface area (Å²) >= 11 is 0. The minimum atomic E-state index is 0.565. The molecule has 3 rings (SSSR count). The van der Waals surface area contributed by atoms with Crippen LogP contribution in [-0.4, -0.2) is 19.2 Å². The predicted octanol–water partition coefficient (Wildman–Crippen LogP) is 3.33. The number of nitrogens with one attached hydrogen (secondary N) is 1. The van der Waals surface area contributed by atoms with Crippen LogP contribution in [0.5, 0.6) is 5.75 Å². The van der Waals surface area contributed by atoms with E-state index in [9.17, 15) is 0 Å². The fraction of sp³-hybridized carbons (Fsp3) is 0.647. The summed E-state index contributed by atoms with van der Waals surface area (Å²) in [6, 6.07) is 7.42. The number of fused-ring (bicyclic) bond motifs is 1. The maximum Gasteiger partial charge on any atom is 0.122 e. The zero-order chi connectivity index (χ0) is 13.3. The number of aryl methyl sites for hydroxylation is 1. The van der Waals surface area contributed by atoms with Gasteiger partial charge in [-0.2, -0.15) is 0 Å². The largest absolute Gasteiger partial charge is 0.493 e. The summed E-state index contributed by atoms with van der Waals surface area (Å²) in [5, 5.41) is 3.68. The van der Waals surface area contributed by atoms with Crippen molar-refractivity contribution in [1.29, 1.82) is 0 Å². The Balaban J connectivity index is 1.61. The van der Waals surface area contributed by atoms with Crippen molar-refractivity contribution in [2.24, 2.45) is 5.41 Å². The molecule has 1 aromatic carbocycles. The van der Waals surface area contributed by atoms with Crippen LogP contribution in [0.3, 0.4) is 0 Å². The van der Waals surface area contributed by atoms with E-state index < -0.39 is 0 Å². The molecule has 1 saturated carbocycles. The average Bonchev–Trinajstić information content (AvgIpc) is 3.00. The quantitative estimate of drug-likeness (QED) is 0.846. The van der Waals surface area contributed by atoms with Crippen LogP contribution in [0.2, 0.25) is 0 Å². The molecule has 1 heterocycles. The summed E-state index contributed by atoms with van der Waals surface area (Å²) < 4.78 is 5.57. The van der Waals surface area contributed by atoms with Crippen molar-refractivity contribution >= 4 is 0 Å². The molecule has 0 radical (unpaired) electrons. The molecule has 2 heteroatoms. The zero-order valence-electron chi connectivity index (χ0n) is 12.2. The Kier molecular flexibility index (Phi) is 3.53. The summed E-state index contributed by atoms with van der Waals surface area (Å²) in [5.41, 5.74) is 3.43. The summed E-state index contributed by atoms with van der Waals surface area (Å²) in [4.78, 5) is 0. The van der Waals surface area contributed by atoms with Crippen LogP contribution in [0.1, 0.15) is 44.2 Å². The smallest absolute Gasteiger partial charge is 0.122 e. The van der Waals surface area contributed by atoms with E-state index >= 15 is 0 Å². The van der Waals surface area contributed by atoms with Crippen LogP contribution >= 0.6 is 0 Å². The van der Waals surface area contributed by atoms with Gasteiger partial charge in [-0.1, -0.05) is 26.0 Å². The Morgan fingerprint density at radius 2 is 2.21 bits per heavy atom. The van der Waals surface area contributed by atoms with Gasteiger partial charge in [0, 0.05) is 12.5 Å². The number of hydrogen-bond donors (Lipinski definition) is 1. The maximum atomic E-state index is 5.57. The first kappa shape index (κ1) is 13.0. The zero-order valence-corrected chi connectivity index (χ0v) is 12.2. The van der Waals surface area contributed by atoms with Gasteiger partial charge in [-0.05, 0) is 54.8 Å². The van der Waals surface area contributed by atoms with E-state index in [1.807, 2.05) is 0 Å². The van der Waals surface area contributed by atoms with Gasteiger partial charge in [0.15, 0.2) is 0 Å². The number of ether oxygens (including phenoxy) is 1. The van der Waals surface area contributed by atoms with Crippen LogP contribution in [0.15, 0.2) is 18.2 Å². The third kappa shape index (κ3) is 2.79. The standard InChI is InChI=1S/C17H25NO/c1-3-18-16(17(2)9-10-17)7-5-13-4-6-15-14(12-13)8-11-19-15/h4,6,12,16,18H,3,5,7-11H2,1-2H3. The van der Waals surface area contributed by atoms with E-state index in [-0.39, 0.29) is 0 Å². The van der Waals surface area contributed by atoms with Gasteiger partial charge < -0.3 is 10.1 Å². The van der Waals surface area contributed by atoms with Gasteiger partial charge >= 0.3 is 0 Å². The van der Waals surface area contributed by atoms with Gasteiger partial charge in [-0.15, -0.1) is 0 Å². The van der Waals surface area contributed by atoms with Crippen molar-refractivity contribution in [3.05, 3.63) is 29.3 Å². The average molecular weight is 259 g/mol. The molecule has 1 aliphatic carbocycles. The lowest BCUT2D eigenvalue weighted by Gasteiger charge is -2.24. The summed E-state index contributed by atoms with van der Waals surface area (Å²) in [6.45, 7) is 6.58. The van der Waals surface area contributed by atoms with Crippen molar-refractivity contribution in [2.45, 2.75) is 52.0 Å². The van der Waals surface area contributed by atoms with Gasteiger partial charge in [0.05, 0.1) is 6.61 Å². The van der Waals surface area contributed by atoms with Crippen molar-refractivity contribution in [3.63, 3.8) is 0 Å². The third-order valence-corrected chi connectivity index (χ3v) is 4.81. The van der Waals surface area contributed by atoms with Crippen molar-refractivity contribution in [2.75, 3.05) is 13.2 Å². The minimum Gasteiger partial charge on any atom is -0.493 e. The molecule has 2 aliphatic rings. The third-order valence-electron chi connectivity index (χ3n) is 4.81. The Labute approximate surface area is 116 Å². The Bertz CT molecular complexity index is 451. The first-order valence-electron chi connectivity index (χ1n) is 7.69. The molecule has 1 aliphatic heterocycles. The van der Waals surface area contributed by atoms with Gasteiger partial charge in [0.2, 0.25) is 0 Å². The van der Waals surface area contributed by atoms with Crippen LogP contribution in [0, 0.1) is 5.41 Å². The van der Waals surface area contributed by atoms with E-state index in [2.05, 4.69) is 37.4 Å². The fourth-order valence-electron chi connectivity index (χ4n) is 3.20. The molecular formula is C17H25NO. The van der Waals surface area contributed by atoms with Gasteiger partial charge in [0.1, 0.15) is 5.75 Å². The van der Waals surface area contributed by atoms with Crippen LogP contribution < -0.4 is 10.1 Å². The van der Waals surface area contributed by atoms with Gasteiger partial charge in [0.25, 0.3) is 0 Å². The highest BCUT2D eigenvalue weighted by atomic mass is 16.5. The molecule has 0 bridgehead atoms. The molecule has 1 N–H and O–H groups in total. The molecule has 1 fully saturated rings. The highest BCUT2D eigenvalue weighted by Gasteiger charge is 2.43. The summed E-state index contributed by atoms with van der Waals surface area (Å²) in [5.74, 6) is 1.10. The summed E-state index contributed by atoms with van der Waals surface area (Å²) in [7, 11) is 0. The van der Waals surface area contributed by atoms with E-state index in [1.54, 1.807) is 0 Å². The SMILES string of the molecule is CCNC(CCc1ccc2c(c1)CCO2)C1(C)CC1. The fourth-order valence-corrected chi connectivity index (χ4v) is 3.20. The van der Waals surface area contributed by atoms with Crippen LogP contribution in [-0.2, 0) is 12.8 Å². The lowest BCUT2D eigenvalue weighted by molar-refractivity contribution is 0.343. The first-order chi connectivity index (χ1) is 9.21. The molecular weight excluding hydrogens is 234 g/mol. The number of hydrogen-bond acceptors (Lipinski definition) is 2. The molecule has 19 heavy (non-hydrogen) atoms. The normalized spacial score (nSPS) is 20.7. The van der Waals surface area contributed by atoms with Gasteiger partial charge in [-0.25, -0.2) is 0 Å². The van der Waals surface area contributed by atoms with Crippen molar-refractivity contribution in [1.82, 2.24) is 5.32 Å². The van der Waals surface area contributed by atoms with E-state index in [1.165, 1.54) is 36.8 Å². The second-order valence-electron chi connectivity index (χ2n) is 6.34. The van der Waals surface area contributed by atoms with E-state index in [0.29, 0.717) is 11.5 Å². The monoisotopic (exact) mass is 259 g/mol. The molecule has 1 aromatic rings. The molecule has 2 nitrogen and oxygen atoms in total. The molecule has 0 aromatic heterocycles. The Morgan fingerprint density at radius 1 is 1.37 bits per heavy atom. The topological polar surface area (TPSA) is 21.3 Å². The Morgan fingerprint density at radius 3 is 2.95 bits per heavy atom. The number of benzene rings is 1. The van der Waals surface area contributed by atoms with Crippen LogP contribution in [0.25, 0.3) is 0 Å². The molecule has 0 amide bonds. The first-order valence-corrected chi connectivity index (χ1v) is 7.69. The predicted molar refractivity (Wildman–Crippen MR) is 78.8 cm³/mol. The lowest BCUT2D eigenvalue weighted by Crippen LogP contribution is -2.36. The highest BCUT2D eigenvalue weighted by Crippen LogP contribution is 2.49. The molecule has 0 spiro atoms. The second kappa shape index (κ2) is 5.16. The maximum absolute atomic E-state index is 5.57. The molecule has 104 valence electrons. The van der Waals surface area contributed by atoms with Gasteiger partial charge in [-0.3, -0.25) is 0 Å². The van der Waals surface area contributed by atoms with Crippen molar-refractivity contribution < 1.29 is 4.74 Å². The van der Waals surface area contributed by atoms with Crippen LogP contribution in [0.4, 0.5) is 0 Å². The second-order valence-corrected chi connectivity index (χ2v) is 6.34.